The molecule has 0 aliphatic heterocycles. The van der Waals surface area contributed by atoms with Crippen molar-refractivity contribution in [2.75, 3.05) is 0 Å². The molecule has 6 unspecified atom stereocenters. The highest BCUT2D eigenvalue weighted by Crippen LogP contribution is 2.02. The Hall–Kier alpha value is -2.77. The highest BCUT2D eigenvalue weighted by Gasteiger charge is 2.31. The van der Waals surface area contributed by atoms with Crippen LogP contribution in [0.5, 0.6) is 0 Å². The largest absolute Gasteiger partial charge is 0.481 e. The zero-order chi connectivity index (χ0) is 22.9. The summed E-state index contributed by atoms with van der Waals surface area (Å²) in [6, 6.07) is -5.60. The molecule has 0 radical (unpaired) electrons. The summed E-state index contributed by atoms with van der Waals surface area (Å²) in [6.07, 6.45) is -3.51. The molecule has 6 atom stereocenters. The van der Waals surface area contributed by atoms with E-state index >= 15 is 0 Å². The van der Waals surface area contributed by atoms with E-state index in [-0.39, 0.29) is 6.42 Å². The van der Waals surface area contributed by atoms with Gasteiger partial charge in [-0.3, -0.25) is 19.2 Å². The number of aliphatic hydroxyl groups excluding tert-OH is 2. The summed E-state index contributed by atoms with van der Waals surface area (Å²) in [4.78, 5) is 58.3. The lowest BCUT2D eigenvalue weighted by molar-refractivity contribution is -0.145. The van der Waals surface area contributed by atoms with E-state index < -0.39 is 72.5 Å². The van der Waals surface area contributed by atoms with Gasteiger partial charge in [0.15, 0.2) is 6.04 Å². The number of aliphatic hydroxyl groups is 2. The quantitative estimate of drug-likeness (QED) is 0.155. The molecule has 0 heterocycles. The van der Waals surface area contributed by atoms with Gasteiger partial charge in [0.2, 0.25) is 17.7 Å². The van der Waals surface area contributed by atoms with E-state index in [1.807, 2.05) is 5.32 Å². The van der Waals surface area contributed by atoms with Crippen LogP contribution in [0.2, 0.25) is 0 Å². The van der Waals surface area contributed by atoms with Gasteiger partial charge in [-0.25, -0.2) is 4.79 Å². The summed E-state index contributed by atoms with van der Waals surface area (Å²) in [7, 11) is 0. The molecule has 0 rings (SSSR count). The van der Waals surface area contributed by atoms with Gasteiger partial charge in [0.1, 0.15) is 18.1 Å². The molecule has 0 saturated heterocycles. The monoisotopic (exact) mass is 420 g/mol. The number of aliphatic carboxylic acids is 2. The van der Waals surface area contributed by atoms with E-state index in [9.17, 15) is 34.2 Å². The molecular weight excluding hydrogens is 392 g/mol. The van der Waals surface area contributed by atoms with Crippen molar-refractivity contribution < 1.29 is 44.4 Å². The van der Waals surface area contributed by atoms with E-state index in [1.165, 1.54) is 13.8 Å². The number of amides is 3. The Morgan fingerprint density at radius 1 is 0.828 bits per heavy atom. The number of rotatable bonds is 12. The van der Waals surface area contributed by atoms with Crippen LogP contribution in [-0.2, 0) is 24.0 Å². The molecule has 13 nitrogen and oxygen atoms in total. The number of carboxylic acid groups (broad SMARTS) is 2. The van der Waals surface area contributed by atoms with Crippen molar-refractivity contribution in [1.82, 2.24) is 16.0 Å². The number of hydrogen-bond donors (Lipinski definition) is 8. The minimum Gasteiger partial charge on any atom is -0.481 e. The molecule has 0 aromatic heterocycles. The molecule has 0 bridgehead atoms. The number of hydrogen-bond acceptors (Lipinski definition) is 8. The minimum absolute atomic E-state index is 0.368. The molecule has 29 heavy (non-hydrogen) atoms. The van der Waals surface area contributed by atoms with Crippen LogP contribution in [0.1, 0.15) is 33.6 Å². The topological polar surface area (TPSA) is 228 Å². The third-order valence-corrected chi connectivity index (χ3v) is 3.90. The Morgan fingerprint density at radius 2 is 1.38 bits per heavy atom. The van der Waals surface area contributed by atoms with Gasteiger partial charge < -0.3 is 42.1 Å². The van der Waals surface area contributed by atoms with Gasteiger partial charge in [-0.2, -0.15) is 0 Å². The van der Waals surface area contributed by atoms with E-state index in [2.05, 4.69) is 10.6 Å². The molecule has 0 aromatic carbocycles. The van der Waals surface area contributed by atoms with Gasteiger partial charge in [0, 0.05) is 6.42 Å². The van der Waals surface area contributed by atoms with Crippen LogP contribution in [-0.4, -0.2) is 86.5 Å². The predicted octanol–water partition coefficient (Wildman–Crippen LogP) is -3.50. The average molecular weight is 420 g/mol. The van der Waals surface area contributed by atoms with Crippen molar-refractivity contribution in [2.45, 2.75) is 70.0 Å². The van der Waals surface area contributed by atoms with E-state index in [1.54, 1.807) is 0 Å². The fourth-order valence-electron chi connectivity index (χ4n) is 2.07. The Morgan fingerprint density at radius 3 is 1.79 bits per heavy atom. The number of carbonyl (C=O) groups is 5. The fourth-order valence-corrected chi connectivity index (χ4v) is 2.07. The first kappa shape index (κ1) is 26.2. The lowest BCUT2D eigenvalue weighted by atomic mass is 10.1. The normalized spacial score (nSPS) is 17.0. The minimum atomic E-state index is -1.67. The van der Waals surface area contributed by atoms with Gasteiger partial charge in [0.05, 0.1) is 12.2 Å². The predicted molar refractivity (Wildman–Crippen MR) is 97.3 cm³/mol. The van der Waals surface area contributed by atoms with E-state index in [0.717, 1.165) is 6.92 Å². The first-order chi connectivity index (χ1) is 13.3. The second kappa shape index (κ2) is 11.9. The summed E-state index contributed by atoms with van der Waals surface area (Å²) < 4.78 is 0. The molecule has 3 amide bonds. The third kappa shape index (κ3) is 9.32. The first-order valence-electron chi connectivity index (χ1n) is 8.75. The van der Waals surface area contributed by atoms with Crippen LogP contribution >= 0.6 is 0 Å². The average Bonchev–Trinajstić information content (AvgIpc) is 2.60. The van der Waals surface area contributed by atoms with Gasteiger partial charge in [0.25, 0.3) is 0 Å². The Balaban J connectivity index is 5.19. The fraction of sp³-hybridized carbons (Fsp3) is 0.688. The maximum atomic E-state index is 12.3. The lowest BCUT2D eigenvalue weighted by Crippen LogP contribution is -2.58. The maximum Gasteiger partial charge on any atom is 0.328 e. The van der Waals surface area contributed by atoms with Gasteiger partial charge in [-0.05, 0) is 27.2 Å². The van der Waals surface area contributed by atoms with Crippen molar-refractivity contribution in [2.24, 2.45) is 5.73 Å². The molecular formula is C16H28N4O9. The van der Waals surface area contributed by atoms with Gasteiger partial charge in [-0.15, -0.1) is 0 Å². The maximum absolute atomic E-state index is 12.3. The third-order valence-electron chi connectivity index (χ3n) is 3.90. The summed E-state index contributed by atoms with van der Waals surface area (Å²) in [5, 5.41) is 43.0. The molecule has 0 spiro atoms. The lowest BCUT2D eigenvalue weighted by Gasteiger charge is -2.24. The molecule has 0 fully saturated rings. The van der Waals surface area contributed by atoms with Crippen LogP contribution in [0.3, 0.4) is 0 Å². The van der Waals surface area contributed by atoms with E-state index in [0.29, 0.717) is 0 Å². The number of nitrogens with one attached hydrogen (secondary N) is 3. The summed E-state index contributed by atoms with van der Waals surface area (Å²) in [6.45, 7) is 3.68. The van der Waals surface area contributed by atoms with Crippen molar-refractivity contribution in [1.29, 1.82) is 0 Å². The van der Waals surface area contributed by atoms with Crippen LogP contribution in [0.25, 0.3) is 0 Å². The molecule has 0 aromatic rings. The standard InChI is InChI=1S/C16H28N4O9/c1-6(18-15(27)11(17)7(2)21)13(25)19-9(4-5-10(23)24)14(26)20-12(8(3)22)16(28)29/h6-9,11-12,21-22H,4-5,17H2,1-3H3,(H,18,27)(H,19,25)(H,20,26)(H,23,24)(H,28,29). The molecule has 0 saturated carbocycles. The SMILES string of the molecule is CC(NC(=O)C(N)C(C)O)C(=O)NC(CCC(=O)O)C(=O)NC(C(=O)O)C(C)O. The number of carbonyl (C=O) groups excluding carboxylic acids is 3. The first-order valence-corrected chi connectivity index (χ1v) is 8.75. The Kier molecular flexibility index (Phi) is 10.8. The second-order valence-corrected chi connectivity index (χ2v) is 6.56. The molecule has 13 heteroatoms. The van der Waals surface area contributed by atoms with Crippen molar-refractivity contribution >= 4 is 29.7 Å². The zero-order valence-electron chi connectivity index (χ0n) is 16.3. The smallest absolute Gasteiger partial charge is 0.328 e. The highest BCUT2D eigenvalue weighted by molar-refractivity contribution is 5.94. The van der Waals surface area contributed by atoms with Crippen LogP contribution in [0.4, 0.5) is 0 Å². The van der Waals surface area contributed by atoms with Crippen LogP contribution < -0.4 is 21.7 Å². The molecule has 0 aliphatic rings. The van der Waals surface area contributed by atoms with Crippen LogP contribution in [0, 0.1) is 0 Å². The molecule has 166 valence electrons. The summed E-state index contributed by atoms with van der Waals surface area (Å²) >= 11 is 0. The van der Waals surface area contributed by atoms with Crippen molar-refractivity contribution in [3.63, 3.8) is 0 Å². The molecule has 9 N–H and O–H groups in total. The van der Waals surface area contributed by atoms with Gasteiger partial charge in [-0.1, -0.05) is 0 Å². The number of carboxylic acids is 2. The highest BCUT2D eigenvalue weighted by atomic mass is 16.4. The van der Waals surface area contributed by atoms with Gasteiger partial charge >= 0.3 is 11.9 Å². The summed E-state index contributed by atoms with van der Waals surface area (Å²) in [5.74, 6) is -5.50. The Labute approximate surface area is 166 Å². The van der Waals surface area contributed by atoms with Crippen molar-refractivity contribution in [3.8, 4) is 0 Å². The van der Waals surface area contributed by atoms with E-state index in [4.69, 9.17) is 15.9 Å². The zero-order valence-corrected chi connectivity index (χ0v) is 16.3. The Bertz CT molecular complexity index is 624. The van der Waals surface area contributed by atoms with Crippen molar-refractivity contribution in [3.05, 3.63) is 0 Å². The second-order valence-electron chi connectivity index (χ2n) is 6.56. The number of nitrogens with two attached hydrogens (primary N) is 1. The van der Waals surface area contributed by atoms with Crippen LogP contribution in [0.15, 0.2) is 0 Å². The summed E-state index contributed by atoms with van der Waals surface area (Å²) in [5.41, 5.74) is 5.45. The molecule has 0 aliphatic carbocycles.